The van der Waals surface area contributed by atoms with Crippen LogP contribution in [0.5, 0.6) is 5.75 Å². The Morgan fingerprint density at radius 1 is 1.33 bits per heavy atom. The van der Waals surface area contributed by atoms with Crippen LogP contribution in [0.2, 0.25) is 0 Å². The van der Waals surface area contributed by atoms with Crippen LogP contribution >= 0.6 is 0 Å². The molecule has 0 unspecified atom stereocenters. The molecule has 1 fully saturated rings. The fraction of sp³-hybridized carbons (Fsp3) is 0.500. The zero-order chi connectivity index (χ0) is 13.2. The number of rotatable bonds is 5. The number of benzene rings is 1. The number of nitrogens with zero attached hydrogens (tertiary/aromatic N) is 1. The first-order valence-electron chi connectivity index (χ1n) is 5.95. The molecule has 5 nitrogen and oxygen atoms in total. The highest BCUT2D eigenvalue weighted by atomic mass is 32.2. The molecule has 0 atom stereocenters. The third kappa shape index (κ3) is 2.66. The van der Waals surface area contributed by atoms with Crippen LogP contribution in [0.1, 0.15) is 13.3 Å². The Hall–Kier alpha value is -1.11. The van der Waals surface area contributed by atoms with Gasteiger partial charge in [-0.15, -0.1) is 0 Å². The molecule has 0 aliphatic carbocycles. The SMILES string of the molecule is CCCOc1ccc(S(=O)(=O)N2CC(O)C2)cc1. The summed E-state index contributed by atoms with van der Waals surface area (Å²) in [6.07, 6.45) is 0.373. The summed E-state index contributed by atoms with van der Waals surface area (Å²) >= 11 is 0. The lowest BCUT2D eigenvalue weighted by molar-refractivity contribution is 0.0548. The van der Waals surface area contributed by atoms with Gasteiger partial charge in [-0.25, -0.2) is 8.42 Å². The third-order valence-electron chi connectivity index (χ3n) is 2.76. The molecule has 1 aromatic rings. The number of aliphatic hydroxyl groups is 1. The van der Waals surface area contributed by atoms with E-state index >= 15 is 0 Å². The zero-order valence-electron chi connectivity index (χ0n) is 10.2. The smallest absolute Gasteiger partial charge is 0.243 e. The monoisotopic (exact) mass is 271 g/mol. The maximum atomic E-state index is 12.1. The van der Waals surface area contributed by atoms with Gasteiger partial charge in [0.1, 0.15) is 5.75 Å². The van der Waals surface area contributed by atoms with Crippen LogP contribution in [0.3, 0.4) is 0 Å². The Morgan fingerprint density at radius 2 is 1.94 bits per heavy atom. The van der Waals surface area contributed by atoms with E-state index in [-0.39, 0.29) is 18.0 Å². The van der Waals surface area contributed by atoms with Crippen molar-refractivity contribution in [2.45, 2.75) is 24.3 Å². The molecule has 1 saturated heterocycles. The number of aliphatic hydroxyl groups excluding tert-OH is 1. The maximum absolute atomic E-state index is 12.1. The van der Waals surface area contributed by atoms with E-state index in [1.165, 1.54) is 16.4 Å². The van der Waals surface area contributed by atoms with Crippen LogP contribution in [-0.2, 0) is 10.0 Å². The summed E-state index contributed by atoms with van der Waals surface area (Å²) in [4.78, 5) is 0.234. The van der Waals surface area contributed by atoms with Gasteiger partial charge in [-0.2, -0.15) is 4.31 Å². The average molecular weight is 271 g/mol. The highest BCUT2D eigenvalue weighted by Crippen LogP contribution is 2.23. The fourth-order valence-corrected chi connectivity index (χ4v) is 3.20. The third-order valence-corrected chi connectivity index (χ3v) is 4.61. The highest BCUT2D eigenvalue weighted by Gasteiger charge is 2.35. The Balaban J connectivity index is 2.09. The van der Waals surface area contributed by atoms with Gasteiger partial charge in [0.25, 0.3) is 0 Å². The van der Waals surface area contributed by atoms with Crippen LogP contribution in [0.4, 0.5) is 0 Å². The van der Waals surface area contributed by atoms with Gasteiger partial charge in [-0.3, -0.25) is 0 Å². The first kappa shape index (κ1) is 13.3. The predicted molar refractivity (Wildman–Crippen MR) is 67.0 cm³/mol. The molecular weight excluding hydrogens is 254 g/mol. The molecule has 6 heteroatoms. The van der Waals surface area contributed by atoms with Crippen molar-refractivity contribution in [3.8, 4) is 5.75 Å². The molecule has 100 valence electrons. The normalized spacial score (nSPS) is 17.4. The van der Waals surface area contributed by atoms with E-state index in [9.17, 15) is 8.42 Å². The minimum Gasteiger partial charge on any atom is -0.494 e. The Labute approximate surface area is 107 Å². The molecule has 0 saturated carbocycles. The number of hydrogen-bond donors (Lipinski definition) is 1. The lowest BCUT2D eigenvalue weighted by Crippen LogP contribution is -2.53. The van der Waals surface area contributed by atoms with Gasteiger partial charge in [-0.1, -0.05) is 6.92 Å². The van der Waals surface area contributed by atoms with E-state index in [1.54, 1.807) is 12.1 Å². The molecule has 1 N–H and O–H groups in total. The highest BCUT2D eigenvalue weighted by molar-refractivity contribution is 7.89. The van der Waals surface area contributed by atoms with Gasteiger partial charge in [0.2, 0.25) is 10.0 Å². The van der Waals surface area contributed by atoms with Crippen molar-refractivity contribution in [3.63, 3.8) is 0 Å². The average Bonchev–Trinajstić information content (AvgIpc) is 2.33. The predicted octanol–water partition coefficient (Wildman–Crippen LogP) is 0.841. The van der Waals surface area contributed by atoms with Crippen molar-refractivity contribution in [3.05, 3.63) is 24.3 Å². The minimum absolute atomic E-state index is 0.177. The minimum atomic E-state index is -3.45. The lowest BCUT2D eigenvalue weighted by atomic mass is 10.2. The van der Waals surface area contributed by atoms with E-state index in [4.69, 9.17) is 9.84 Å². The van der Waals surface area contributed by atoms with Crippen molar-refractivity contribution in [1.29, 1.82) is 0 Å². The number of ether oxygens (including phenoxy) is 1. The van der Waals surface area contributed by atoms with Crippen molar-refractivity contribution in [2.75, 3.05) is 19.7 Å². The van der Waals surface area contributed by atoms with E-state index in [2.05, 4.69) is 0 Å². The standard InChI is InChI=1S/C12H17NO4S/c1-2-7-17-11-3-5-12(6-4-11)18(15,16)13-8-10(14)9-13/h3-6,10,14H,2,7-9H2,1H3. The van der Waals surface area contributed by atoms with Gasteiger partial charge in [-0.05, 0) is 30.7 Å². The summed E-state index contributed by atoms with van der Waals surface area (Å²) in [7, 11) is -3.45. The van der Waals surface area contributed by atoms with Gasteiger partial charge < -0.3 is 9.84 Å². The first-order valence-corrected chi connectivity index (χ1v) is 7.39. The fourth-order valence-electron chi connectivity index (χ4n) is 1.69. The van der Waals surface area contributed by atoms with Crippen LogP contribution in [0, 0.1) is 0 Å². The second-order valence-corrected chi connectivity index (χ2v) is 6.23. The van der Waals surface area contributed by atoms with Gasteiger partial charge >= 0.3 is 0 Å². The number of β-amino-alcohol motifs (C(OH)–C–C–N with tert-alkyl or cyclic N) is 1. The molecule has 1 aliphatic rings. The van der Waals surface area contributed by atoms with Gasteiger partial charge in [0, 0.05) is 13.1 Å². The summed E-state index contributed by atoms with van der Waals surface area (Å²) in [5.74, 6) is 0.666. The summed E-state index contributed by atoms with van der Waals surface area (Å²) in [6, 6.07) is 6.37. The first-order chi connectivity index (χ1) is 8.54. The van der Waals surface area contributed by atoms with Crippen LogP contribution in [0.15, 0.2) is 29.2 Å². The lowest BCUT2D eigenvalue weighted by Gasteiger charge is -2.34. The van der Waals surface area contributed by atoms with E-state index in [0.717, 1.165) is 6.42 Å². The van der Waals surface area contributed by atoms with E-state index in [1.807, 2.05) is 6.92 Å². The van der Waals surface area contributed by atoms with Gasteiger partial charge in [0.05, 0.1) is 17.6 Å². The summed E-state index contributed by atoms with van der Waals surface area (Å²) in [5.41, 5.74) is 0. The molecule has 0 aromatic heterocycles. The maximum Gasteiger partial charge on any atom is 0.243 e. The molecule has 1 aromatic carbocycles. The van der Waals surface area contributed by atoms with Crippen molar-refractivity contribution < 1.29 is 18.3 Å². The Kier molecular flexibility index (Phi) is 3.89. The molecule has 0 bridgehead atoms. The quantitative estimate of drug-likeness (QED) is 0.862. The largest absolute Gasteiger partial charge is 0.494 e. The summed E-state index contributed by atoms with van der Waals surface area (Å²) in [6.45, 7) is 2.98. The van der Waals surface area contributed by atoms with Gasteiger partial charge in [0.15, 0.2) is 0 Å². The van der Waals surface area contributed by atoms with E-state index < -0.39 is 16.1 Å². The molecule has 0 spiro atoms. The second-order valence-electron chi connectivity index (χ2n) is 4.30. The molecule has 2 rings (SSSR count). The Morgan fingerprint density at radius 3 is 2.44 bits per heavy atom. The van der Waals surface area contributed by atoms with Crippen molar-refractivity contribution >= 4 is 10.0 Å². The van der Waals surface area contributed by atoms with Crippen LogP contribution in [0.25, 0.3) is 0 Å². The van der Waals surface area contributed by atoms with Crippen LogP contribution < -0.4 is 4.74 Å². The molecule has 18 heavy (non-hydrogen) atoms. The van der Waals surface area contributed by atoms with Crippen LogP contribution in [-0.4, -0.2) is 43.6 Å². The molecule has 0 amide bonds. The molecule has 0 radical (unpaired) electrons. The Bertz CT molecular complexity index is 491. The summed E-state index contributed by atoms with van der Waals surface area (Å²) in [5, 5.41) is 9.14. The second kappa shape index (κ2) is 5.26. The topological polar surface area (TPSA) is 66.8 Å². The van der Waals surface area contributed by atoms with E-state index in [0.29, 0.717) is 12.4 Å². The van der Waals surface area contributed by atoms with Crippen molar-refractivity contribution in [1.82, 2.24) is 4.31 Å². The molecule has 1 heterocycles. The summed E-state index contributed by atoms with van der Waals surface area (Å²) < 4.78 is 30.8. The number of sulfonamides is 1. The zero-order valence-corrected chi connectivity index (χ0v) is 11.1. The number of hydrogen-bond acceptors (Lipinski definition) is 4. The van der Waals surface area contributed by atoms with Crippen molar-refractivity contribution in [2.24, 2.45) is 0 Å². The molecule has 1 aliphatic heterocycles. The molecular formula is C12H17NO4S.